The van der Waals surface area contributed by atoms with Crippen LogP contribution < -0.4 is 0 Å². The van der Waals surface area contributed by atoms with Crippen LogP contribution in [0.2, 0.25) is 0 Å². The quantitative estimate of drug-likeness (QED) is 0.336. The van der Waals surface area contributed by atoms with Crippen molar-refractivity contribution in [3.8, 4) is 0 Å². The topological polar surface area (TPSA) is 52.4 Å². The van der Waals surface area contributed by atoms with Gasteiger partial charge in [-0.05, 0) is 37.1 Å². The monoisotopic (exact) mass is 301 g/mol. The van der Waals surface area contributed by atoms with Gasteiger partial charge in [-0.3, -0.25) is 0 Å². The second kappa shape index (κ2) is 7.74. The third-order valence-electron chi connectivity index (χ3n) is 3.26. The third-order valence-corrected chi connectivity index (χ3v) is 3.26. The van der Waals surface area contributed by atoms with E-state index in [1.165, 1.54) is 6.08 Å². The zero-order chi connectivity index (χ0) is 15.9. The van der Waals surface area contributed by atoms with Crippen LogP contribution in [0.15, 0.2) is 24.3 Å². The zero-order valence-electron chi connectivity index (χ0n) is 12.7. The molecule has 116 valence electrons. The van der Waals surface area contributed by atoms with Crippen molar-refractivity contribution >= 4 is 17.7 Å². The zero-order valence-corrected chi connectivity index (χ0v) is 12.7. The van der Waals surface area contributed by atoms with Crippen molar-refractivity contribution in [2.24, 2.45) is 0 Å². The Labute approximate surface area is 130 Å². The highest BCUT2D eigenvalue weighted by atomic mass is 16.6. The minimum Gasteiger partial charge on any atom is -0.463 e. The fourth-order valence-electron chi connectivity index (χ4n) is 2.00. The molecular weight excluding hydrogens is 282 g/mol. The molecule has 22 heavy (non-hydrogen) atoms. The second-order valence-corrected chi connectivity index (χ2v) is 4.94. The number of ether oxygens (including phenoxy) is 3. The normalized spacial score (nSPS) is 18.0. The number of esters is 1. The summed E-state index contributed by atoms with van der Waals surface area (Å²) in [5.41, 5.74) is 2.23. The van der Waals surface area contributed by atoms with E-state index in [4.69, 9.17) is 20.8 Å². The number of epoxide rings is 1. The maximum atomic E-state index is 11.5. The van der Waals surface area contributed by atoms with E-state index in [1.54, 1.807) is 25.1 Å². The molecule has 0 radical (unpaired) electrons. The van der Waals surface area contributed by atoms with Crippen molar-refractivity contribution in [1.29, 1.82) is 0 Å². The van der Waals surface area contributed by atoms with Gasteiger partial charge in [0.25, 0.3) is 0 Å². The molecule has 1 saturated heterocycles. The molecule has 2 atom stereocenters. The third kappa shape index (κ3) is 4.69. The van der Waals surface area contributed by atoms with Crippen LogP contribution in [0.3, 0.4) is 0 Å². The Morgan fingerprint density at radius 3 is 3.00 bits per heavy atom. The maximum absolute atomic E-state index is 11.5. The van der Waals surface area contributed by atoms with Gasteiger partial charge < -0.3 is 14.2 Å². The van der Waals surface area contributed by atoms with Crippen molar-refractivity contribution in [2.45, 2.75) is 26.1 Å². The van der Waals surface area contributed by atoms with E-state index < -0.39 is 5.97 Å². The molecule has 1 aromatic rings. The van der Waals surface area contributed by atoms with Crippen molar-refractivity contribution < 1.29 is 19.0 Å². The molecule has 1 aromatic carbocycles. The summed E-state index contributed by atoms with van der Waals surface area (Å²) in [6.45, 7) is 12.4. The molecule has 5 nitrogen and oxygen atoms in total. The van der Waals surface area contributed by atoms with E-state index in [0.717, 1.165) is 17.7 Å². The summed E-state index contributed by atoms with van der Waals surface area (Å²) in [5.74, 6) is -0.401. The highest BCUT2D eigenvalue weighted by Crippen LogP contribution is 2.27. The molecule has 5 heteroatoms. The fraction of sp³-hybridized carbons (Fsp3) is 0.412. The summed E-state index contributed by atoms with van der Waals surface area (Å²) in [7, 11) is 0. The lowest BCUT2D eigenvalue weighted by molar-refractivity contribution is -0.137. The van der Waals surface area contributed by atoms with Crippen LogP contribution in [0.4, 0.5) is 5.69 Å². The van der Waals surface area contributed by atoms with Crippen molar-refractivity contribution in [3.63, 3.8) is 0 Å². The lowest BCUT2D eigenvalue weighted by Crippen LogP contribution is -2.07. The summed E-state index contributed by atoms with van der Waals surface area (Å²) < 4.78 is 15.8. The van der Waals surface area contributed by atoms with E-state index in [9.17, 15) is 4.79 Å². The molecule has 0 saturated carbocycles. The minimum atomic E-state index is -0.401. The molecule has 0 unspecified atom stereocenters. The van der Waals surface area contributed by atoms with Gasteiger partial charge in [-0.15, -0.1) is 0 Å². The molecule has 0 aromatic heterocycles. The lowest BCUT2D eigenvalue weighted by atomic mass is 10.0. The first-order valence-corrected chi connectivity index (χ1v) is 7.23. The van der Waals surface area contributed by atoms with E-state index in [0.29, 0.717) is 18.9 Å². The smallest absolute Gasteiger partial charge is 0.330 e. The maximum Gasteiger partial charge on any atom is 0.330 e. The number of carbonyl (C=O) groups excluding carboxylic acids is 1. The van der Waals surface area contributed by atoms with Gasteiger partial charge in [0.05, 0.1) is 32.5 Å². The van der Waals surface area contributed by atoms with E-state index in [1.807, 2.05) is 13.0 Å². The SMILES string of the molecule is [C-]#[N+]c1ccc([C@@H](C)OC[C@H]2CO2)c(/C=C/C(=O)OCC)c1. The van der Waals surface area contributed by atoms with Gasteiger partial charge in [0.2, 0.25) is 0 Å². The number of rotatable bonds is 7. The van der Waals surface area contributed by atoms with Crippen molar-refractivity contribution in [1.82, 2.24) is 0 Å². The van der Waals surface area contributed by atoms with E-state index in [2.05, 4.69) is 4.85 Å². The average molecular weight is 301 g/mol. The van der Waals surface area contributed by atoms with Crippen molar-refractivity contribution in [3.05, 3.63) is 46.8 Å². The summed E-state index contributed by atoms with van der Waals surface area (Å²) in [4.78, 5) is 14.9. The van der Waals surface area contributed by atoms with Crippen LogP contribution in [0.25, 0.3) is 10.9 Å². The number of hydrogen-bond acceptors (Lipinski definition) is 4. The molecule has 0 bridgehead atoms. The molecule has 1 aliphatic rings. The van der Waals surface area contributed by atoms with Crippen LogP contribution >= 0.6 is 0 Å². The van der Waals surface area contributed by atoms with E-state index in [-0.39, 0.29) is 12.2 Å². The summed E-state index contributed by atoms with van der Waals surface area (Å²) in [5, 5.41) is 0. The number of carbonyl (C=O) groups is 1. The fourth-order valence-corrected chi connectivity index (χ4v) is 2.00. The Hall–Kier alpha value is -2.16. The Morgan fingerprint density at radius 1 is 1.59 bits per heavy atom. The Morgan fingerprint density at radius 2 is 2.36 bits per heavy atom. The van der Waals surface area contributed by atoms with Gasteiger partial charge in [0.15, 0.2) is 5.69 Å². The molecular formula is C17H19NO4. The first-order valence-electron chi connectivity index (χ1n) is 7.23. The summed E-state index contributed by atoms with van der Waals surface area (Å²) >= 11 is 0. The summed E-state index contributed by atoms with van der Waals surface area (Å²) in [6.07, 6.45) is 3.08. The molecule has 1 aliphatic heterocycles. The Bertz CT molecular complexity index is 599. The van der Waals surface area contributed by atoms with Crippen LogP contribution in [-0.4, -0.2) is 31.9 Å². The van der Waals surface area contributed by atoms with Gasteiger partial charge in [0, 0.05) is 6.08 Å². The average Bonchev–Trinajstić information content (AvgIpc) is 3.35. The van der Waals surface area contributed by atoms with Crippen LogP contribution in [0, 0.1) is 6.57 Å². The Balaban J connectivity index is 2.16. The first-order chi connectivity index (χ1) is 10.6. The minimum absolute atomic E-state index is 0.147. The molecule has 0 amide bonds. The van der Waals surface area contributed by atoms with Crippen LogP contribution in [0.1, 0.15) is 31.1 Å². The van der Waals surface area contributed by atoms with Crippen LogP contribution in [-0.2, 0) is 19.0 Å². The first kappa shape index (κ1) is 16.2. The van der Waals surface area contributed by atoms with Crippen LogP contribution in [0.5, 0.6) is 0 Å². The molecule has 2 rings (SSSR count). The van der Waals surface area contributed by atoms with Gasteiger partial charge >= 0.3 is 5.97 Å². The largest absolute Gasteiger partial charge is 0.463 e. The van der Waals surface area contributed by atoms with Gasteiger partial charge in [-0.25, -0.2) is 9.64 Å². The standard InChI is InChI=1S/C17H19NO4/c1-4-20-17(19)8-5-13-9-14(18-3)6-7-16(13)12(2)21-10-15-11-22-15/h5-9,12,15H,4,10-11H2,1-2H3/b8-5+/t12-,15+/m1/s1. The highest BCUT2D eigenvalue weighted by Gasteiger charge is 2.24. The number of benzene rings is 1. The summed E-state index contributed by atoms with van der Waals surface area (Å²) in [6, 6.07) is 5.35. The van der Waals surface area contributed by atoms with Gasteiger partial charge in [0.1, 0.15) is 6.10 Å². The molecule has 1 fully saturated rings. The van der Waals surface area contributed by atoms with Gasteiger partial charge in [-0.1, -0.05) is 12.1 Å². The van der Waals surface area contributed by atoms with Gasteiger partial charge in [-0.2, -0.15) is 0 Å². The predicted molar refractivity (Wildman–Crippen MR) is 82.5 cm³/mol. The van der Waals surface area contributed by atoms with E-state index >= 15 is 0 Å². The molecule has 0 spiro atoms. The lowest BCUT2D eigenvalue weighted by Gasteiger charge is -2.16. The number of nitrogens with zero attached hydrogens (tertiary/aromatic N) is 1. The predicted octanol–water partition coefficient (Wildman–Crippen LogP) is 3.29. The van der Waals surface area contributed by atoms with Crippen molar-refractivity contribution in [2.75, 3.05) is 19.8 Å². The Kier molecular flexibility index (Phi) is 5.70. The molecule has 0 N–H and O–H groups in total. The highest BCUT2D eigenvalue weighted by molar-refractivity contribution is 5.87. The number of hydrogen-bond donors (Lipinski definition) is 0. The molecule has 0 aliphatic carbocycles. The molecule has 1 heterocycles. The second-order valence-electron chi connectivity index (χ2n) is 4.94.